The normalized spacial score (nSPS) is 10.9. The number of likely N-dealkylation sites (N-methyl/N-ethyl adjacent to an activating group) is 3. The SMILES string of the molecule is C1CCOC1.CN(CCO)C(=O)NCc1ccccc1Cl.CN(CCOC(=O)Nc1ccc2ccccc2c1)C(=O)NCc1ccccc1Cl.CNCCO.O=C=NCc1ccccc1Cl. The summed E-state index contributed by atoms with van der Waals surface area (Å²) < 4.78 is 10.1. The minimum absolute atomic E-state index is 0.0456. The molecule has 5 aromatic carbocycles. The smallest absolute Gasteiger partial charge is 0.411 e. The van der Waals surface area contributed by atoms with E-state index in [0.29, 0.717) is 53.5 Å². The number of urea groups is 2. The molecule has 0 atom stereocenters. The first-order valence-electron chi connectivity index (χ1n) is 21.0. The van der Waals surface area contributed by atoms with Crippen LogP contribution in [0.5, 0.6) is 0 Å². The van der Waals surface area contributed by atoms with Gasteiger partial charge in [-0.05, 0) is 77.7 Å². The highest BCUT2D eigenvalue weighted by Gasteiger charge is 2.11. The molecule has 0 saturated carbocycles. The summed E-state index contributed by atoms with van der Waals surface area (Å²) in [6.07, 6.45) is 3.45. The zero-order valence-corrected chi connectivity index (χ0v) is 39.7. The Morgan fingerprint density at radius 2 is 1.20 bits per heavy atom. The maximum atomic E-state index is 12.1. The van der Waals surface area contributed by atoms with Gasteiger partial charge in [-0.2, -0.15) is 0 Å². The fourth-order valence-electron chi connectivity index (χ4n) is 5.31. The maximum absolute atomic E-state index is 12.1. The highest BCUT2D eigenvalue weighted by Crippen LogP contribution is 2.19. The first-order valence-corrected chi connectivity index (χ1v) is 22.2. The molecule has 1 aliphatic heterocycles. The number of ether oxygens (including phenoxy) is 2. The molecule has 0 spiro atoms. The number of aliphatic hydroxyl groups excluding tert-OH is 2. The molecule has 0 radical (unpaired) electrons. The molecule has 1 aliphatic rings. The molecule has 6 N–H and O–H groups in total. The zero-order valence-electron chi connectivity index (χ0n) is 37.5. The van der Waals surface area contributed by atoms with Gasteiger partial charge >= 0.3 is 18.2 Å². The number of hydrogen-bond acceptors (Lipinski definition) is 10. The van der Waals surface area contributed by atoms with E-state index in [1.807, 2.05) is 97.1 Å². The fraction of sp³-hybridized carbons (Fsp3) is 0.333. The number of aliphatic hydroxyl groups is 2. The summed E-state index contributed by atoms with van der Waals surface area (Å²) >= 11 is 17.8. The highest BCUT2D eigenvalue weighted by atomic mass is 35.5. The quantitative estimate of drug-likeness (QED) is 0.0467. The van der Waals surface area contributed by atoms with E-state index in [4.69, 9.17) is 54.5 Å². The monoisotopic (exact) mass is 967 g/mol. The number of carbonyl (C=O) groups is 3. The standard InChI is InChI=1S/C22H22ClN3O3.C11H15ClN2O2.C8H6ClNO.C4H8O.C3H9NO/c1-26(21(27)24-15-18-8-4-5-9-20(18)23)12-13-29-22(28)25-19-11-10-16-6-2-3-7-17(16)14-19;1-14(6-7-15)11(16)13-8-9-4-2-3-5-10(9)12;9-8-4-2-1-3-7(8)5-10-6-11;1-2-4-5-3-1;1-4-2-3-5/h2-11,14H,12-13,15H2,1H3,(H,24,27)(H,25,28);2-5,15H,6-8H2,1H3,(H,13,16);1-4H,5H2;1-4H2;4-5H,2-3H2,1H3. The predicted molar refractivity (Wildman–Crippen MR) is 263 cm³/mol. The number of isocyanates is 1. The van der Waals surface area contributed by atoms with Gasteiger partial charge in [-0.3, -0.25) is 5.32 Å². The molecule has 0 aromatic heterocycles. The summed E-state index contributed by atoms with van der Waals surface area (Å²) in [5.74, 6) is 0. The number of halogens is 3. The lowest BCUT2D eigenvalue weighted by Gasteiger charge is -2.18. The minimum atomic E-state index is -0.565. The number of nitrogens with zero attached hydrogens (tertiary/aromatic N) is 3. The van der Waals surface area contributed by atoms with Crippen molar-refractivity contribution in [2.24, 2.45) is 4.99 Å². The second kappa shape index (κ2) is 34.6. The number of fused-ring (bicyclic) bond motifs is 1. The van der Waals surface area contributed by atoms with Crippen molar-refractivity contribution in [1.82, 2.24) is 25.8 Å². The molecule has 66 heavy (non-hydrogen) atoms. The third-order valence-corrected chi connectivity index (χ3v) is 10.1. The van der Waals surface area contributed by atoms with E-state index in [1.165, 1.54) is 28.7 Å². The molecule has 5 aromatic rings. The van der Waals surface area contributed by atoms with Gasteiger partial charge in [0.1, 0.15) is 6.61 Å². The van der Waals surface area contributed by atoms with Crippen molar-refractivity contribution in [3.8, 4) is 0 Å². The van der Waals surface area contributed by atoms with Crippen LogP contribution in [0.2, 0.25) is 15.1 Å². The summed E-state index contributed by atoms with van der Waals surface area (Å²) in [6.45, 7) is 4.55. The van der Waals surface area contributed by atoms with Crippen molar-refractivity contribution in [2.45, 2.75) is 32.5 Å². The second-order valence-electron chi connectivity index (χ2n) is 14.0. The number of rotatable bonds is 14. The van der Waals surface area contributed by atoms with Crippen molar-refractivity contribution in [2.75, 3.05) is 79.1 Å². The van der Waals surface area contributed by atoms with Gasteiger partial charge in [0.15, 0.2) is 0 Å². The number of benzene rings is 5. The highest BCUT2D eigenvalue weighted by molar-refractivity contribution is 6.32. The summed E-state index contributed by atoms with van der Waals surface area (Å²) in [5, 5.41) is 31.6. The Balaban J connectivity index is 0.000000336. The van der Waals surface area contributed by atoms with Gasteiger partial charge < -0.3 is 45.4 Å². The Morgan fingerprint density at radius 3 is 1.65 bits per heavy atom. The lowest BCUT2D eigenvalue weighted by molar-refractivity contribution is 0.146. The lowest BCUT2D eigenvalue weighted by atomic mass is 10.1. The topological polar surface area (TPSA) is 194 Å². The molecule has 1 saturated heterocycles. The Morgan fingerprint density at radius 1 is 0.697 bits per heavy atom. The van der Waals surface area contributed by atoms with Crippen LogP contribution in [0.25, 0.3) is 10.8 Å². The van der Waals surface area contributed by atoms with Crippen LogP contribution in [0.4, 0.5) is 20.1 Å². The third kappa shape index (κ3) is 24.0. The van der Waals surface area contributed by atoms with Gasteiger partial charge in [-0.15, -0.1) is 0 Å². The number of aliphatic imine (C=N–C) groups is 1. The Kier molecular flexibility index (Phi) is 29.6. The Bertz CT molecular complexity index is 2220. The predicted octanol–water partition coefficient (Wildman–Crippen LogP) is 8.53. The van der Waals surface area contributed by atoms with Crippen molar-refractivity contribution in [1.29, 1.82) is 0 Å². The molecular formula is C48H60Cl3N7O8. The molecule has 18 heteroatoms. The van der Waals surface area contributed by atoms with E-state index in [1.54, 1.807) is 39.3 Å². The van der Waals surface area contributed by atoms with Crippen LogP contribution in [0.15, 0.2) is 120 Å². The fourth-order valence-corrected chi connectivity index (χ4v) is 5.91. The molecule has 6 rings (SSSR count). The van der Waals surface area contributed by atoms with Crippen molar-refractivity contribution in [3.63, 3.8) is 0 Å². The van der Waals surface area contributed by atoms with Gasteiger partial charge in [0, 0.05) is 74.2 Å². The summed E-state index contributed by atoms with van der Waals surface area (Å²) in [7, 11) is 5.06. The van der Waals surface area contributed by atoms with Crippen molar-refractivity contribution in [3.05, 3.63) is 147 Å². The number of hydrogen-bond donors (Lipinski definition) is 6. The Labute approximate surface area is 402 Å². The molecule has 356 valence electrons. The van der Waals surface area contributed by atoms with E-state index in [9.17, 15) is 19.2 Å². The number of carbonyl (C=O) groups excluding carboxylic acids is 4. The van der Waals surface area contributed by atoms with Crippen molar-refractivity contribution < 1.29 is 38.9 Å². The average Bonchev–Trinajstić information content (AvgIpc) is 3.92. The molecule has 0 aliphatic carbocycles. The van der Waals surface area contributed by atoms with E-state index >= 15 is 0 Å². The second-order valence-corrected chi connectivity index (χ2v) is 15.3. The van der Waals surface area contributed by atoms with Crippen LogP contribution in [0.1, 0.15) is 29.5 Å². The molecule has 5 amide bonds. The molecule has 0 bridgehead atoms. The summed E-state index contributed by atoms with van der Waals surface area (Å²) in [4.78, 5) is 51.6. The average molecular weight is 969 g/mol. The molecule has 1 heterocycles. The zero-order chi connectivity index (χ0) is 48.4. The summed E-state index contributed by atoms with van der Waals surface area (Å²) in [5.41, 5.74) is 3.20. The molecular weight excluding hydrogens is 909 g/mol. The van der Waals surface area contributed by atoms with E-state index in [-0.39, 0.29) is 38.4 Å². The number of anilines is 1. The van der Waals surface area contributed by atoms with Gasteiger partial charge in [-0.1, -0.05) is 120 Å². The Hall–Kier alpha value is -5.74. The van der Waals surface area contributed by atoms with Crippen LogP contribution in [0.3, 0.4) is 0 Å². The number of amides is 5. The van der Waals surface area contributed by atoms with Gasteiger partial charge in [0.25, 0.3) is 0 Å². The first-order chi connectivity index (χ1) is 31.9. The van der Waals surface area contributed by atoms with Gasteiger partial charge in [0.05, 0.1) is 26.3 Å². The molecule has 0 unspecified atom stereocenters. The van der Waals surface area contributed by atoms with E-state index in [0.717, 1.165) is 40.7 Å². The van der Waals surface area contributed by atoms with Crippen molar-refractivity contribution >= 4 is 75.5 Å². The summed E-state index contributed by atoms with van der Waals surface area (Å²) in [6, 6.07) is 34.9. The van der Waals surface area contributed by atoms with Crippen LogP contribution in [-0.4, -0.2) is 118 Å². The molecule has 15 nitrogen and oxygen atoms in total. The van der Waals surface area contributed by atoms with Crippen LogP contribution < -0.4 is 21.3 Å². The van der Waals surface area contributed by atoms with E-state index < -0.39 is 6.09 Å². The third-order valence-electron chi connectivity index (χ3n) is 9.02. The first kappa shape index (κ1) is 56.4. The minimum Gasteiger partial charge on any atom is -0.447 e. The largest absolute Gasteiger partial charge is 0.447 e. The van der Waals surface area contributed by atoms with E-state index in [2.05, 4.69) is 26.3 Å². The lowest BCUT2D eigenvalue weighted by Crippen LogP contribution is -2.39. The van der Waals surface area contributed by atoms with Crippen LogP contribution in [0, 0.1) is 0 Å². The van der Waals surface area contributed by atoms with Gasteiger partial charge in [-0.25, -0.2) is 24.2 Å². The van der Waals surface area contributed by atoms with Crippen LogP contribution in [-0.2, 0) is 33.9 Å². The number of nitrogens with one attached hydrogen (secondary N) is 4. The van der Waals surface area contributed by atoms with Crippen LogP contribution >= 0.6 is 34.8 Å². The van der Waals surface area contributed by atoms with Gasteiger partial charge in [0.2, 0.25) is 6.08 Å². The molecule has 1 fully saturated rings. The maximum Gasteiger partial charge on any atom is 0.411 e.